The summed E-state index contributed by atoms with van der Waals surface area (Å²) in [6.45, 7) is 4.48. The van der Waals surface area contributed by atoms with E-state index in [9.17, 15) is 4.79 Å². The topological polar surface area (TPSA) is 52.3 Å². The van der Waals surface area contributed by atoms with E-state index in [0.29, 0.717) is 17.2 Å². The van der Waals surface area contributed by atoms with Gasteiger partial charge >= 0.3 is 5.97 Å². The Morgan fingerprint density at radius 3 is 2.79 bits per heavy atom. The highest BCUT2D eigenvalue weighted by atomic mass is 32.1. The van der Waals surface area contributed by atoms with Crippen LogP contribution in [0.15, 0.2) is 17.5 Å². The van der Waals surface area contributed by atoms with Crippen LogP contribution in [0.4, 0.5) is 5.00 Å². The lowest BCUT2D eigenvalue weighted by atomic mass is 10.1. The van der Waals surface area contributed by atoms with Gasteiger partial charge < -0.3 is 10.5 Å². The van der Waals surface area contributed by atoms with Gasteiger partial charge in [0, 0.05) is 15.3 Å². The molecule has 5 heteroatoms. The van der Waals surface area contributed by atoms with Gasteiger partial charge in [-0.05, 0) is 24.3 Å². The molecule has 0 saturated heterocycles. The molecule has 2 N–H and O–H groups in total. The Labute approximate surface area is 121 Å². The zero-order valence-corrected chi connectivity index (χ0v) is 12.7. The predicted molar refractivity (Wildman–Crippen MR) is 82.0 cm³/mol. The van der Waals surface area contributed by atoms with Crippen LogP contribution in [0.3, 0.4) is 0 Å². The summed E-state index contributed by atoms with van der Waals surface area (Å²) < 4.78 is 5.25. The van der Waals surface area contributed by atoms with Crippen LogP contribution in [0.2, 0.25) is 0 Å². The summed E-state index contributed by atoms with van der Waals surface area (Å²) in [4.78, 5) is 14.4. The smallest absolute Gasteiger partial charge is 0.341 e. The maximum absolute atomic E-state index is 12.2. The highest BCUT2D eigenvalue weighted by Gasteiger charge is 2.24. The summed E-state index contributed by atoms with van der Waals surface area (Å²) in [5.41, 5.74) is 7.52. The predicted octanol–water partition coefficient (Wildman–Crippen LogP) is 4.19. The Morgan fingerprint density at radius 2 is 2.21 bits per heavy atom. The average Bonchev–Trinajstić information content (AvgIpc) is 3.02. The fourth-order valence-corrected chi connectivity index (χ4v) is 3.78. The molecule has 0 saturated carbocycles. The molecule has 0 amide bonds. The summed E-state index contributed by atoms with van der Waals surface area (Å²) >= 11 is 3.10. The molecule has 19 heavy (non-hydrogen) atoms. The van der Waals surface area contributed by atoms with Gasteiger partial charge in [-0.25, -0.2) is 4.79 Å². The second-order valence-corrected chi connectivity index (χ2v) is 6.19. The lowest BCUT2D eigenvalue weighted by molar-refractivity contribution is 0.0508. The van der Waals surface area contributed by atoms with Gasteiger partial charge in [0.05, 0.1) is 6.61 Å². The van der Waals surface area contributed by atoms with Crippen LogP contribution in [0.1, 0.15) is 35.5 Å². The minimum atomic E-state index is -0.307. The molecule has 2 rings (SSSR count). The Morgan fingerprint density at radius 1 is 1.42 bits per heavy atom. The van der Waals surface area contributed by atoms with Crippen molar-refractivity contribution in [1.82, 2.24) is 0 Å². The van der Waals surface area contributed by atoms with Gasteiger partial charge in [0.2, 0.25) is 0 Å². The number of hydrogen-bond donors (Lipinski definition) is 1. The van der Waals surface area contributed by atoms with Gasteiger partial charge in [0.15, 0.2) is 0 Å². The van der Waals surface area contributed by atoms with E-state index < -0.39 is 0 Å². The number of thiophene rings is 2. The average molecular weight is 295 g/mol. The number of hydrogen-bond acceptors (Lipinski definition) is 5. The number of carbonyl (C=O) groups is 1. The number of nitrogens with two attached hydrogens (primary N) is 1. The van der Waals surface area contributed by atoms with Gasteiger partial charge in [-0.1, -0.05) is 19.9 Å². The molecule has 0 aromatic carbocycles. The van der Waals surface area contributed by atoms with E-state index in [4.69, 9.17) is 10.5 Å². The maximum atomic E-state index is 12.2. The molecule has 3 nitrogen and oxygen atoms in total. The summed E-state index contributed by atoms with van der Waals surface area (Å²) in [5.74, 6) is -0.307. The van der Waals surface area contributed by atoms with Crippen molar-refractivity contribution in [1.29, 1.82) is 0 Å². The van der Waals surface area contributed by atoms with Gasteiger partial charge in [-0.15, -0.1) is 22.7 Å². The van der Waals surface area contributed by atoms with Crippen molar-refractivity contribution in [2.75, 3.05) is 12.3 Å². The molecule has 0 aliphatic heterocycles. The molecule has 2 aromatic rings. The second-order valence-electron chi connectivity index (χ2n) is 4.11. The van der Waals surface area contributed by atoms with Crippen LogP contribution < -0.4 is 5.73 Å². The monoisotopic (exact) mass is 295 g/mol. The Balaban J connectivity index is 2.47. The first-order valence-corrected chi connectivity index (χ1v) is 8.00. The molecule has 2 aromatic heterocycles. The zero-order valence-electron chi connectivity index (χ0n) is 11.1. The van der Waals surface area contributed by atoms with Crippen molar-refractivity contribution in [3.05, 3.63) is 28.0 Å². The fourth-order valence-electron chi connectivity index (χ4n) is 1.90. The quantitative estimate of drug-likeness (QED) is 0.842. The molecule has 0 aliphatic carbocycles. The van der Waals surface area contributed by atoms with Crippen LogP contribution in [-0.4, -0.2) is 12.6 Å². The van der Waals surface area contributed by atoms with Crippen molar-refractivity contribution < 1.29 is 9.53 Å². The number of nitrogen functional groups attached to an aromatic ring is 1. The number of aryl methyl sites for hydroxylation is 1. The first-order chi connectivity index (χ1) is 9.19. The molecule has 2 heterocycles. The first kappa shape index (κ1) is 14.1. The molecule has 0 fully saturated rings. The maximum Gasteiger partial charge on any atom is 0.341 e. The SMILES string of the molecule is CCCOC(=O)c1c(N)sc(CC)c1-c1cccs1. The number of carbonyl (C=O) groups excluding carboxylic acids is 1. The van der Waals surface area contributed by atoms with E-state index in [1.165, 1.54) is 11.3 Å². The molecular weight excluding hydrogens is 278 g/mol. The fraction of sp³-hybridized carbons (Fsp3) is 0.357. The number of ether oxygens (including phenoxy) is 1. The molecular formula is C14H17NO2S2. The largest absolute Gasteiger partial charge is 0.462 e. The third kappa shape index (κ3) is 2.82. The summed E-state index contributed by atoms with van der Waals surface area (Å²) in [7, 11) is 0. The van der Waals surface area contributed by atoms with Crippen LogP contribution in [0, 0.1) is 0 Å². The lowest BCUT2D eigenvalue weighted by Gasteiger charge is -2.06. The van der Waals surface area contributed by atoms with Gasteiger partial charge in [0.25, 0.3) is 0 Å². The number of esters is 1. The van der Waals surface area contributed by atoms with Gasteiger partial charge in [-0.2, -0.15) is 0 Å². The van der Waals surface area contributed by atoms with Crippen LogP contribution in [0.25, 0.3) is 10.4 Å². The van der Waals surface area contributed by atoms with Crippen LogP contribution in [0.5, 0.6) is 0 Å². The molecule has 102 valence electrons. The first-order valence-electron chi connectivity index (χ1n) is 6.31. The van der Waals surface area contributed by atoms with Crippen molar-refractivity contribution in [3.63, 3.8) is 0 Å². The standard InChI is InChI=1S/C14H17NO2S2/c1-3-7-17-14(16)12-11(10-6-5-8-18-10)9(4-2)19-13(12)15/h5-6,8H,3-4,7,15H2,1-2H3. The minimum absolute atomic E-state index is 0.307. The van der Waals surface area contributed by atoms with E-state index >= 15 is 0 Å². The second kappa shape index (κ2) is 6.21. The molecule has 0 spiro atoms. The summed E-state index contributed by atoms with van der Waals surface area (Å²) in [6, 6.07) is 4.00. The van der Waals surface area contributed by atoms with Crippen LogP contribution in [-0.2, 0) is 11.2 Å². The van der Waals surface area contributed by atoms with E-state index in [1.54, 1.807) is 11.3 Å². The van der Waals surface area contributed by atoms with E-state index in [2.05, 4.69) is 6.92 Å². The van der Waals surface area contributed by atoms with E-state index in [1.807, 2.05) is 24.4 Å². The third-order valence-electron chi connectivity index (χ3n) is 2.74. The third-order valence-corrected chi connectivity index (χ3v) is 4.79. The van der Waals surface area contributed by atoms with E-state index in [0.717, 1.165) is 28.2 Å². The summed E-state index contributed by atoms with van der Waals surface area (Å²) in [6.07, 6.45) is 1.67. The van der Waals surface area contributed by atoms with Crippen molar-refractivity contribution in [2.24, 2.45) is 0 Å². The molecule has 0 atom stereocenters. The van der Waals surface area contributed by atoms with Crippen molar-refractivity contribution in [3.8, 4) is 10.4 Å². The van der Waals surface area contributed by atoms with Crippen LogP contribution >= 0.6 is 22.7 Å². The Hall–Kier alpha value is -1.33. The number of rotatable bonds is 5. The normalized spacial score (nSPS) is 10.6. The van der Waals surface area contributed by atoms with Gasteiger partial charge in [-0.3, -0.25) is 0 Å². The Kier molecular flexibility index (Phi) is 4.61. The highest BCUT2D eigenvalue weighted by molar-refractivity contribution is 7.18. The Bertz CT molecular complexity index is 558. The van der Waals surface area contributed by atoms with Crippen molar-refractivity contribution in [2.45, 2.75) is 26.7 Å². The van der Waals surface area contributed by atoms with Gasteiger partial charge in [0.1, 0.15) is 10.6 Å². The highest BCUT2D eigenvalue weighted by Crippen LogP contribution is 2.41. The molecule has 0 unspecified atom stereocenters. The summed E-state index contributed by atoms with van der Waals surface area (Å²) in [5, 5.41) is 2.56. The number of anilines is 1. The minimum Gasteiger partial charge on any atom is -0.462 e. The molecule has 0 bridgehead atoms. The van der Waals surface area contributed by atoms with Crippen molar-refractivity contribution >= 4 is 33.6 Å². The zero-order chi connectivity index (χ0) is 13.8. The van der Waals surface area contributed by atoms with E-state index in [-0.39, 0.29) is 5.97 Å². The molecule has 0 aliphatic rings. The molecule has 0 radical (unpaired) electrons. The lowest BCUT2D eigenvalue weighted by Crippen LogP contribution is -2.08.